The number of nitrogens with zero attached hydrogens (tertiary/aromatic N) is 2. The number of anilines is 1. The van der Waals surface area contributed by atoms with Crippen LogP contribution in [-0.4, -0.2) is 31.3 Å². The molecule has 0 spiro atoms. The highest BCUT2D eigenvalue weighted by Crippen LogP contribution is 2.25. The summed E-state index contributed by atoms with van der Waals surface area (Å²) in [6.45, 7) is 3.28. The monoisotopic (exact) mass is 295 g/mol. The lowest BCUT2D eigenvalue weighted by atomic mass is 10.2. The van der Waals surface area contributed by atoms with Crippen LogP contribution in [0, 0.1) is 0 Å². The number of rotatable bonds is 6. The van der Waals surface area contributed by atoms with Crippen molar-refractivity contribution in [2.45, 2.75) is 26.1 Å². The van der Waals surface area contributed by atoms with E-state index in [1.54, 1.807) is 19.3 Å². The van der Waals surface area contributed by atoms with Crippen LogP contribution < -0.4 is 10.2 Å². The van der Waals surface area contributed by atoms with Gasteiger partial charge in [0.1, 0.15) is 5.82 Å². The molecule has 0 atom stereocenters. The fourth-order valence-corrected chi connectivity index (χ4v) is 1.85. The van der Waals surface area contributed by atoms with Crippen molar-refractivity contribution in [3.63, 3.8) is 0 Å². The predicted molar refractivity (Wildman–Crippen MR) is 70.6 cm³/mol. The molecule has 1 aromatic rings. The first-order chi connectivity index (χ1) is 8.83. The smallest absolute Gasteiger partial charge is 0.358 e. The van der Waals surface area contributed by atoms with Crippen LogP contribution in [0.25, 0.3) is 0 Å². The zero-order valence-corrected chi connectivity index (χ0v) is 11.6. The third kappa shape index (κ3) is 5.65. The SMILES string of the molecule is CCNCc1cnc(N(C)CCC(F)(F)F)c(Cl)c1. The van der Waals surface area contributed by atoms with Gasteiger partial charge in [0, 0.05) is 26.3 Å². The Bertz CT molecular complexity index is 410. The zero-order chi connectivity index (χ0) is 14.5. The topological polar surface area (TPSA) is 28.2 Å². The summed E-state index contributed by atoms with van der Waals surface area (Å²) in [6, 6.07) is 1.72. The molecule has 0 aliphatic carbocycles. The average Bonchev–Trinajstić information content (AvgIpc) is 2.32. The van der Waals surface area contributed by atoms with Crippen LogP contribution in [0.4, 0.5) is 19.0 Å². The molecule has 108 valence electrons. The Balaban J connectivity index is 2.67. The highest BCUT2D eigenvalue weighted by atomic mass is 35.5. The fraction of sp³-hybridized carbons (Fsp3) is 0.583. The maximum absolute atomic E-state index is 12.1. The first kappa shape index (κ1) is 16.0. The van der Waals surface area contributed by atoms with Crippen molar-refractivity contribution < 1.29 is 13.2 Å². The van der Waals surface area contributed by atoms with E-state index in [0.717, 1.165) is 12.1 Å². The summed E-state index contributed by atoms with van der Waals surface area (Å²) in [5.74, 6) is 0.367. The van der Waals surface area contributed by atoms with Crippen molar-refractivity contribution in [3.8, 4) is 0 Å². The van der Waals surface area contributed by atoms with Gasteiger partial charge in [-0.3, -0.25) is 0 Å². The van der Waals surface area contributed by atoms with Gasteiger partial charge in [0.05, 0.1) is 11.4 Å². The Labute approximate surface area is 115 Å². The quantitative estimate of drug-likeness (QED) is 0.873. The van der Waals surface area contributed by atoms with Crippen molar-refractivity contribution in [2.24, 2.45) is 0 Å². The summed E-state index contributed by atoms with van der Waals surface area (Å²) in [5.41, 5.74) is 0.903. The lowest BCUT2D eigenvalue weighted by Crippen LogP contribution is -2.25. The Morgan fingerprint density at radius 1 is 1.42 bits per heavy atom. The van der Waals surface area contributed by atoms with Gasteiger partial charge in [0.25, 0.3) is 0 Å². The number of hydrogen-bond acceptors (Lipinski definition) is 3. The molecular formula is C12H17ClF3N3. The predicted octanol–water partition coefficient (Wildman–Crippen LogP) is 3.23. The van der Waals surface area contributed by atoms with Crippen LogP contribution in [-0.2, 0) is 6.54 Å². The summed E-state index contributed by atoms with van der Waals surface area (Å²) in [6.07, 6.45) is -3.44. The largest absolute Gasteiger partial charge is 0.390 e. The normalized spacial score (nSPS) is 11.7. The number of aromatic nitrogens is 1. The molecule has 0 amide bonds. The highest BCUT2D eigenvalue weighted by molar-refractivity contribution is 6.33. The van der Waals surface area contributed by atoms with E-state index in [4.69, 9.17) is 11.6 Å². The highest BCUT2D eigenvalue weighted by Gasteiger charge is 2.27. The summed E-state index contributed by atoms with van der Waals surface area (Å²) >= 11 is 6.04. The number of pyridine rings is 1. The van der Waals surface area contributed by atoms with Crippen molar-refractivity contribution in [3.05, 3.63) is 22.8 Å². The molecule has 1 rings (SSSR count). The molecule has 0 aliphatic heterocycles. The number of nitrogens with one attached hydrogen (secondary N) is 1. The molecule has 0 fully saturated rings. The molecule has 0 saturated heterocycles. The standard InChI is InChI=1S/C12H17ClF3N3/c1-3-17-7-9-6-10(13)11(18-8-9)19(2)5-4-12(14,15)16/h6,8,17H,3-5,7H2,1-2H3. The van der Waals surface area contributed by atoms with Gasteiger partial charge in [-0.05, 0) is 18.2 Å². The van der Waals surface area contributed by atoms with Gasteiger partial charge in [-0.1, -0.05) is 18.5 Å². The summed E-state index contributed by atoms with van der Waals surface area (Å²) < 4.78 is 36.4. The van der Waals surface area contributed by atoms with Crippen molar-refractivity contribution in [1.82, 2.24) is 10.3 Å². The van der Waals surface area contributed by atoms with E-state index in [1.807, 2.05) is 6.92 Å². The molecule has 1 heterocycles. The number of alkyl halides is 3. The Hall–Kier alpha value is -1.01. The van der Waals surface area contributed by atoms with Crippen LogP contribution in [0.5, 0.6) is 0 Å². The van der Waals surface area contributed by atoms with E-state index >= 15 is 0 Å². The maximum Gasteiger partial charge on any atom is 0.390 e. The molecule has 1 aromatic heterocycles. The van der Waals surface area contributed by atoms with Crippen LogP contribution >= 0.6 is 11.6 Å². The second-order valence-corrected chi connectivity index (χ2v) is 4.62. The summed E-state index contributed by atoms with van der Waals surface area (Å²) in [4.78, 5) is 5.53. The first-order valence-electron chi connectivity index (χ1n) is 5.96. The third-order valence-electron chi connectivity index (χ3n) is 2.55. The molecule has 0 bridgehead atoms. The van der Waals surface area contributed by atoms with Crippen LogP contribution in [0.3, 0.4) is 0 Å². The Kier molecular flexibility index (Phi) is 5.87. The lowest BCUT2D eigenvalue weighted by molar-refractivity contribution is -0.132. The summed E-state index contributed by atoms with van der Waals surface area (Å²) in [5, 5.41) is 3.49. The fourth-order valence-electron chi connectivity index (χ4n) is 1.52. The molecule has 19 heavy (non-hydrogen) atoms. The van der Waals surface area contributed by atoms with Crippen LogP contribution in [0.1, 0.15) is 18.9 Å². The van der Waals surface area contributed by atoms with Gasteiger partial charge in [-0.15, -0.1) is 0 Å². The average molecular weight is 296 g/mol. The minimum absolute atomic E-state index is 0.164. The molecular weight excluding hydrogens is 279 g/mol. The molecule has 0 unspecified atom stereocenters. The van der Waals surface area contributed by atoms with E-state index < -0.39 is 12.6 Å². The second kappa shape index (κ2) is 6.96. The van der Waals surface area contributed by atoms with Crippen molar-refractivity contribution in [2.75, 3.05) is 25.0 Å². The van der Waals surface area contributed by atoms with Gasteiger partial charge in [-0.25, -0.2) is 4.98 Å². The van der Waals surface area contributed by atoms with Gasteiger partial charge >= 0.3 is 6.18 Å². The maximum atomic E-state index is 12.1. The molecule has 0 saturated carbocycles. The minimum atomic E-state index is -4.17. The number of hydrogen-bond donors (Lipinski definition) is 1. The van der Waals surface area contributed by atoms with Gasteiger partial charge in [0.15, 0.2) is 0 Å². The molecule has 0 radical (unpaired) electrons. The van der Waals surface area contributed by atoms with Crippen molar-refractivity contribution in [1.29, 1.82) is 0 Å². The molecule has 3 nitrogen and oxygen atoms in total. The first-order valence-corrected chi connectivity index (χ1v) is 6.34. The summed E-state index contributed by atoms with van der Waals surface area (Å²) in [7, 11) is 1.55. The lowest BCUT2D eigenvalue weighted by Gasteiger charge is -2.20. The van der Waals surface area contributed by atoms with Crippen LogP contribution in [0.2, 0.25) is 5.02 Å². The second-order valence-electron chi connectivity index (χ2n) is 4.22. The van der Waals surface area contributed by atoms with Gasteiger partial charge in [-0.2, -0.15) is 13.2 Å². The molecule has 0 aliphatic rings. The minimum Gasteiger partial charge on any atom is -0.358 e. The molecule has 7 heteroatoms. The number of halogens is 4. The Morgan fingerprint density at radius 2 is 2.11 bits per heavy atom. The van der Waals surface area contributed by atoms with Gasteiger partial charge in [0.2, 0.25) is 0 Å². The molecule has 0 aromatic carbocycles. The van der Waals surface area contributed by atoms with E-state index in [2.05, 4.69) is 10.3 Å². The van der Waals surface area contributed by atoms with Crippen LogP contribution in [0.15, 0.2) is 12.3 Å². The van der Waals surface area contributed by atoms with Crippen molar-refractivity contribution >= 4 is 17.4 Å². The van der Waals surface area contributed by atoms with E-state index in [0.29, 0.717) is 17.4 Å². The van der Waals surface area contributed by atoms with Gasteiger partial charge < -0.3 is 10.2 Å². The zero-order valence-electron chi connectivity index (χ0n) is 10.9. The third-order valence-corrected chi connectivity index (χ3v) is 2.83. The van der Waals surface area contributed by atoms with E-state index in [1.165, 1.54) is 4.90 Å². The van der Waals surface area contributed by atoms with E-state index in [-0.39, 0.29) is 6.54 Å². The Morgan fingerprint density at radius 3 is 2.63 bits per heavy atom. The molecule has 1 N–H and O–H groups in total. The van der Waals surface area contributed by atoms with E-state index in [9.17, 15) is 13.2 Å².